The summed E-state index contributed by atoms with van der Waals surface area (Å²) < 4.78 is 0.968. The van der Waals surface area contributed by atoms with Gasteiger partial charge in [-0.3, -0.25) is 4.79 Å². The van der Waals surface area contributed by atoms with Crippen molar-refractivity contribution in [3.63, 3.8) is 0 Å². The summed E-state index contributed by atoms with van der Waals surface area (Å²) in [6, 6.07) is 11.4. The van der Waals surface area contributed by atoms with Crippen LogP contribution >= 0.6 is 15.9 Å². The number of allylic oxidation sites excluding steroid dienone is 1. The van der Waals surface area contributed by atoms with Gasteiger partial charge in [0.2, 0.25) is 5.95 Å². The molecule has 2 heterocycles. The molecule has 1 amide bonds. The molecule has 1 aliphatic rings. The number of hydrogen-bond donors (Lipinski definition) is 2. The topological polar surface area (TPSA) is 88.4 Å². The highest BCUT2D eigenvalue weighted by molar-refractivity contribution is 9.10. The quantitative estimate of drug-likeness (QED) is 0.475. The first-order valence-corrected chi connectivity index (χ1v) is 11.8. The van der Waals surface area contributed by atoms with Gasteiger partial charge in [-0.15, -0.1) is 0 Å². The predicted octanol–water partition coefficient (Wildman–Crippen LogP) is 4.08. The summed E-state index contributed by atoms with van der Waals surface area (Å²) in [4.78, 5) is 28.4. The highest BCUT2D eigenvalue weighted by atomic mass is 79.9. The third-order valence-corrected chi connectivity index (χ3v) is 6.15. The molecule has 2 aromatic carbocycles. The van der Waals surface area contributed by atoms with Gasteiger partial charge in [-0.25, -0.2) is 9.97 Å². The Bertz CT molecular complexity index is 1250. The van der Waals surface area contributed by atoms with Crippen molar-refractivity contribution in [3.8, 4) is 0 Å². The Hall–Kier alpha value is -3.30. The Morgan fingerprint density at radius 2 is 1.85 bits per heavy atom. The summed E-state index contributed by atoms with van der Waals surface area (Å²) in [7, 11) is 5.88. The molecule has 1 fully saturated rings. The first-order chi connectivity index (χ1) is 16.3. The largest absolute Gasteiger partial charge is 0.383 e. The van der Waals surface area contributed by atoms with E-state index >= 15 is 0 Å². The molecule has 3 aromatic rings. The van der Waals surface area contributed by atoms with Gasteiger partial charge in [0.15, 0.2) is 0 Å². The van der Waals surface area contributed by atoms with Crippen LogP contribution in [0, 0.1) is 5.41 Å². The van der Waals surface area contributed by atoms with E-state index in [9.17, 15) is 4.79 Å². The van der Waals surface area contributed by atoms with Crippen LogP contribution in [0.25, 0.3) is 16.5 Å². The van der Waals surface area contributed by atoms with Crippen molar-refractivity contribution in [2.45, 2.75) is 0 Å². The molecular weight excluding hydrogens is 494 g/mol. The summed E-state index contributed by atoms with van der Waals surface area (Å²) in [5.41, 5.74) is 3.55. The lowest BCUT2D eigenvalue weighted by Crippen LogP contribution is -2.47. The van der Waals surface area contributed by atoms with Crippen LogP contribution in [0.1, 0.15) is 15.9 Å². The molecule has 0 spiro atoms. The lowest BCUT2D eigenvalue weighted by molar-refractivity contribution is 0.0664. The lowest BCUT2D eigenvalue weighted by Gasteiger charge is -2.32. The van der Waals surface area contributed by atoms with Crippen molar-refractivity contribution in [2.24, 2.45) is 0 Å². The van der Waals surface area contributed by atoms with Crippen molar-refractivity contribution in [3.05, 3.63) is 64.4 Å². The van der Waals surface area contributed by atoms with Crippen molar-refractivity contribution in [1.29, 1.82) is 5.41 Å². The average molecular weight is 522 g/mol. The van der Waals surface area contributed by atoms with E-state index in [1.807, 2.05) is 66.5 Å². The molecule has 1 aliphatic heterocycles. The van der Waals surface area contributed by atoms with Gasteiger partial charge in [0, 0.05) is 85.6 Å². The SMILES string of the molecule is CN(C)/C=C(\C=N)c1cc(Nc2ncc3cc(Br)ccc3n2)cc(C(=O)N2CCN(C)CC2)c1. The highest BCUT2D eigenvalue weighted by Crippen LogP contribution is 2.25. The molecule has 0 unspecified atom stereocenters. The number of carbonyl (C=O) groups excluding carboxylic acids is 1. The Labute approximate surface area is 207 Å². The smallest absolute Gasteiger partial charge is 0.254 e. The number of carbonyl (C=O) groups is 1. The molecule has 0 radical (unpaired) electrons. The maximum absolute atomic E-state index is 13.4. The van der Waals surface area contributed by atoms with Crippen LogP contribution in [0.15, 0.2) is 53.3 Å². The zero-order valence-corrected chi connectivity index (χ0v) is 21.1. The lowest BCUT2D eigenvalue weighted by atomic mass is 10.0. The zero-order valence-electron chi connectivity index (χ0n) is 19.5. The third-order valence-electron chi connectivity index (χ3n) is 5.65. The van der Waals surface area contributed by atoms with Crippen molar-refractivity contribution in [1.82, 2.24) is 24.7 Å². The molecule has 1 saturated heterocycles. The van der Waals surface area contributed by atoms with Crippen LogP contribution < -0.4 is 5.32 Å². The maximum Gasteiger partial charge on any atom is 0.254 e. The van der Waals surface area contributed by atoms with Crippen molar-refractivity contribution >= 4 is 56.2 Å². The molecule has 8 nitrogen and oxygen atoms in total. The second-order valence-corrected chi connectivity index (χ2v) is 9.52. The maximum atomic E-state index is 13.4. The standard InChI is InChI=1S/C25H28BrN7O/c1-31(2)16-20(14-27)17-10-18(24(34)33-8-6-32(3)7-9-33)13-22(12-17)29-25-28-15-19-11-21(26)4-5-23(19)30-25/h4-5,10-16,27H,6-9H2,1-3H3,(H,28,29,30)/b20-16+,27-14?. The van der Waals surface area contributed by atoms with Gasteiger partial charge in [0.05, 0.1) is 5.52 Å². The molecule has 4 rings (SSSR count). The number of halogens is 1. The fourth-order valence-electron chi connectivity index (χ4n) is 3.85. The van der Waals surface area contributed by atoms with Gasteiger partial charge < -0.3 is 25.4 Å². The van der Waals surface area contributed by atoms with E-state index in [2.05, 4.69) is 43.2 Å². The number of nitrogens with one attached hydrogen (secondary N) is 2. The first-order valence-electron chi connectivity index (χ1n) is 11.0. The van der Waals surface area contributed by atoms with Crippen LogP contribution in [-0.2, 0) is 0 Å². The number of fused-ring (bicyclic) bond motifs is 1. The Balaban J connectivity index is 1.71. The van der Waals surface area contributed by atoms with Crippen molar-refractivity contribution < 1.29 is 4.79 Å². The summed E-state index contributed by atoms with van der Waals surface area (Å²) in [5.74, 6) is 0.425. The molecule has 0 saturated carbocycles. The molecule has 9 heteroatoms. The fraction of sp³-hybridized carbons (Fsp3) is 0.280. The monoisotopic (exact) mass is 521 g/mol. The van der Waals surface area contributed by atoms with Gasteiger partial charge in [-0.1, -0.05) is 15.9 Å². The minimum atomic E-state index is -0.0172. The van der Waals surface area contributed by atoms with Gasteiger partial charge >= 0.3 is 0 Å². The van der Waals surface area contributed by atoms with E-state index < -0.39 is 0 Å². The van der Waals surface area contributed by atoms with Gasteiger partial charge in [0.1, 0.15) is 0 Å². The number of rotatable bonds is 6. The molecule has 2 N–H and O–H groups in total. The molecule has 0 aliphatic carbocycles. The molecule has 176 valence electrons. The third kappa shape index (κ3) is 5.60. The minimum Gasteiger partial charge on any atom is -0.383 e. The molecular formula is C25H28BrN7O. The second kappa shape index (κ2) is 10.3. The number of piperazine rings is 1. The summed E-state index contributed by atoms with van der Waals surface area (Å²) in [5, 5.41) is 12.1. The number of nitrogens with zero attached hydrogens (tertiary/aromatic N) is 5. The predicted molar refractivity (Wildman–Crippen MR) is 141 cm³/mol. The fourth-order valence-corrected chi connectivity index (χ4v) is 4.23. The Kier molecular flexibility index (Phi) is 7.23. The van der Waals surface area contributed by atoms with Crippen molar-refractivity contribution in [2.75, 3.05) is 52.6 Å². The van der Waals surface area contributed by atoms with E-state index in [1.165, 1.54) is 6.21 Å². The van der Waals surface area contributed by atoms with E-state index in [4.69, 9.17) is 5.41 Å². The minimum absolute atomic E-state index is 0.0172. The number of amides is 1. The number of likely N-dealkylation sites (N-methyl/N-ethyl adjacent to an activating group) is 1. The van der Waals surface area contributed by atoms with E-state index in [0.717, 1.165) is 34.0 Å². The molecule has 0 atom stereocenters. The van der Waals surface area contributed by atoms with E-state index in [0.29, 0.717) is 35.9 Å². The average Bonchev–Trinajstić information content (AvgIpc) is 2.82. The summed E-state index contributed by atoms with van der Waals surface area (Å²) >= 11 is 3.47. The van der Waals surface area contributed by atoms with E-state index in [-0.39, 0.29) is 5.91 Å². The van der Waals surface area contributed by atoms with Crippen LogP contribution in [0.3, 0.4) is 0 Å². The van der Waals surface area contributed by atoms with Crippen LogP contribution in [-0.4, -0.2) is 84.1 Å². The van der Waals surface area contributed by atoms with Crippen LogP contribution in [0.2, 0.25) is 0 Å². The van der Waals surface area contributed by atoms with Gasteiger partial charge in [-0.05, 0) is 49.0 Å². The Morgan fingerprint density at radius 3 is 2.56 bits per heavy atom. The van der Waals surface area contributed by atoms with Gasteiger partial charge in [0.25, 0.3) is 5.91 Å². The summed E-state index contributed by atoms with van der Waals surface area (Å²) in [6.07, 6.45) is 4.93. The first kappa shape index (κ1) is 23.8. The highest BCUT2D eigenvalue weighted by Gasteiger charge is 2.21. The number of hydrogen-bond acceptors (Lipinski definition) is 7. The number of aromatic nitrogens is 2. The number of benzene rings is 2. The molecule has 1 aromatic heterocycles. The van der Waals surface area contributed by atoms with E-state index in [1.54, 1.807) is 6.20 Å². The normalized spacial score (nSPS) is 14.8. The van der Waals surface area contributed by atoms with Crippen LogP contribution in [0.5, 0.6) is 0 Å². The second-order valence-electron chi connectivity index (χ2n) is 8.61. The molecule has 34 heavy (non-hydrogen) atoms. The number of anilines is 2. The Morgan fingerprint density at radius 1 is 1.12 bits per heavy atom. The van der Waals surface area contributed by atoms with Gasteiger partial charge in [-0.2, -0.15) is 0 Å². The van der Waals surface area contributed by atoms with Crippen LogP contribution in [0.4, 0.5) is 11.6 Å². The molecule has 0 bridgehead atoms. The zero-order chi connectivity index (χ0) is 24.2. The summed E-state index contributed by atoms with van der Waals surface area (Å²) in [6.45, 7) is 3.08.